The van der Waals surface area contributed by atoms with Crippen LogP contribution < -0.4 is 10.9 Å². The van der Waals surface area contributed by atoms with Crippen LogP contribution in [0.15, 0.2) is 35.3 Å². The van der Waals surface area contributed by atoms with E-state index in [1.807, 2.05) is 25.1 Å². The Labute approximate surface area is 189 Å². The van der Waals surface area contributed by atoms with Crippen LogP contribution in [-0.4, -0.2) is 55.3 Å². The number of anilines is 1. The molecule has 1 N–H and O–H groups in total. The number of hydrogen-bond donors (Lipinski definition) is 1. The summed E-state index contributed by atoms with van der Waals surface area (Å²) in [6.45, 7) is 11.5. The molecule has 1 unspecified atom stereocenters. The van der Waals surface area contributed by atoms with Gasteiger partial charge in [-0.15, -0.1) is 0 Å². The number of hydrogen-bond acceptors (Lipinski definition) is 7. The first kappa shape index (κ1) is 22.3. The predicted octanol–water partition coefficient (Wildman–Crippen LogP) is 3.15. The van der Waals surface area contributed by atoms with Gasteiger partial charge in [-0.25, -0.2) is 19.6 Å². The van der Waals surface area contributed by atoms with E-state index in [-0.39, 0.29) is 11.0 Å². The SMILES string of the molecule is Cc1nc(NCC2CCCCN2CCn2nc(C(C)(C)C)ccc2=O)c2cccnc2n1. The molecule has 1 fully saturated rings. The zero-order chi connectivity index (χ0) is 22.7. The molecule has 170 valence electrons. The van der Waals surface area contributed by atoms with Crippen molar-refractivity contribution in [1.82, 2.24) is 29.6 Å². The topological polar surface area (TPSA) is 88.8 Å². The summed E-state index contributed by atoms with van der Waals surface area (Å²) in [4.78, 5) is 28.3. The second-order valence-corrected chi connectivity index (χ2v) is 9.59. The van der Waals surface area contributed by atoms with Gasteiger partial charge in [-0.1, -0.05) is 27.2 Å². The fourth-order valence-electron chi connectivity index (χ4n) is 4.24. The average molecular weight is 436 g/mol. The van der Waals surface area contributed by atoms with E-state index in [4.69, 9.17) is 0 Å². The third-order valence-corrected chi connectivity index (χ3v) is 6.07. The Kier molecular flexibility index (Phi) is 6.50. The van der Waals surface area contributed by atoms with Crippen LogP contribution in [0.5, 0.6) is 0 Å². The molecule has 0 amide bonds. The predicted molar refractivity (Wildman–Crippen MR) is 127 cm³/mol. The second kappa shape index (κ2) is 9.32. The molecule has 1 saturated heterocycles. The monoisotopic (exact) mass is 435 g/mol. The molecule has 0 aliphatic carbocycles. The Bertz CT molecular complexity index is 1140. The molecule has 4 rings (SSSR count). The van der Waals surface area contributed by atoms with Crippen LogP contribution in [0.2, 0.25) is 0 Å². The van der Waals surface area contributed by atoms with E-state index in [1.165, 1.54) is 12.8 Å². The van der Waals surface area contributed by atoms with Gasteiger partial charge in [0.05, 0.1) is 17.6 Å². The van der Waals surface area contributed by atoms with E-state index >= 15 is 0 Å². The average Bonchev–Trinajstić information content (AvgIpc) is 2.76. The molecule has 3 aromatic heterocycles. The molecule has 0 radical (unpaired) electrons. The molecular weight excluding hydrogens is 402 g/mol. The minimum absolute atomic E-state index is 0.0416. The fourth-order valence-corrected chi connectivity index (χ4v) is 4.24. The van der Waals surface area contributed by atoms with Gasteiger partial charge in [0.25, 0.3) is 5.56 Å². The van der Waals surface area contributed by atoms with Gasteiger partial charge in [-0.2, -0.15) is 5.10 Å². The van der Waals surface area contributed by atoms with Gasteiger partial charge in [-0.3, -0.25) is 9.69 Å². The highest BCUT2D eigenvalue weighted by molar-refractivity contribution is 5.86. The van der Waals surface area contributed by atoms with Crippen molar-refractivity contribution in [3.8, 4) is 0 Å². The maximum Gasteiger partial charge on any atom is 0.266 e. The summed E-state index contributed by atoms with van der Waals surface area (Å²) in [5.74, 6) is 1.55. The summed E-state index contributed by atoms with van der Waals surface area (Å²) < 4.78 is 1.62. The Morgan fingerprint density at radius 1 is 1.12 bits per heavy atom. The van der Waals surface area contributed by atoms with Gasteiger partial charge in [-0.05, 0) is 44.5 Å². The smallest absolute Gasteiger partial charge is 0.266 e. The lowest BCUT2D eigenvalue weighted by Gasteiger charge is -2.36. The van der Waals surface area contributed by atoms with E-state index in [0.717, 1.165) is 43.0 Å². The molecular formula is C24H33N7O. The molecule has 4 heterocycles. The molecule has 1 aliphatic rings. The van der Waals surface area contributed by atoms with Crippen molar-refractivity contribution in [3.05, 3.63) is 52.3 Å². The van der Waals surface area contributed by atoms with Gasteiger partial charge in [0.1, 0.15) is 11.6 Å². The van der Waals surface area contributed by atoms with Crippen LogP contribution in [0.3, 0.4) is 0 Å². The minimum Gasteiger partial charge on any atom is -0.368 e. The third-order valence-electron chi connectivity index (χ3n) is 6.07. The number of piperidine rings is 1. The lowest BCUT2D eigenvalue weighted by Crippen LogP contribution is -2.46. The number of aryl methyl sites for hydroxylation is 1. The van der Waals surface area contributed by atoms with Crippen molar-refractivity contribution in [3.63, 3.8) is 0 Å². The molecule has 8 heteroatoms. The Morgan fingerprint density at radius 3 is 2.78 bits per heavy atom. The van der Waals surface area contributed by atoms with Crippen LogP contribution in [0, 0.1) is 6.92 Å². The minimum atomic E-state index is -0.0830. The van der Waals surface area contributed by atoms with Gasteiger partial charge in [0.2, 0.25) is 0 Å². The summed E-state index contributed by atoms with van der Waals surface area (Å²) in [5.41, 5.74) is 1.53. The lowest BCUT2D eigenvalue weighted by atomic mass is 9.92. The van der Waals surface area contributed by atoms with Gasteiger partial charge < -0.3 is 5.32 Å². The van der Waals surface area contributed by atoms with E-state index in [9.17, 15) is 4.79 Å². The summed E-state index contributed by atoms with van der Waals surface area (Å²) in [6, 6.07) is 7.78. The summed E-state index contributed by atoms with van der Waals surface area (Å²) in [5, 5.41) is 9.12. The molecule has 0 aromatic carbocycles. The zero-order valence-electron chi connectivity index (χ0n) is 19.5. The first-order valence-electron chi connectivity index (χ1n) is 11.5. The Morgan fingerprint density at radius 2 is 1.97 bits per heavy atom. The van der Waals surface area contributed by atoms with Gasteiger partial charge in [0.15, 0.2) is 5.65 Å². The van der Waals surface area contributed by atoms with Crippen LogP contribution in [-0.2, 0) is 12.0 Å². The number of rotatable bonds is 6. The van der Waals surface area contributed by atoms with Crippen molar-refractivity contribution >= 4 is 16.9 Å². The largest absolute Gasteiger partial charge is 0.368 e. The lowest BCUT2D eigenvalue weighted by molar-refractivity contribution is 0.147. The maximum atomic E-state index is 12.4. The third kappa shape index (κ3) is 5.12. The summed E-state index contributed by atoms with van der Waals surface area (Å²) in [6.07, 6.45) is 5.27. The highest BCUT2D eigenvalue weighted by atomic mass is 16.1. The number of pyridine rings is 1. The summed E-state index contributed by atoms with van der Waals surface area (Å²) >= 11 is 0. The quantitative estimate of drug-likeness (QED) is 0.636. The van der Waals surface area contributed by atoms with Crippen molar-refractivity contribution in [2.24, 2.45) is 0 Å². The highest BCUT2D eigenvalue weighted by Crippen LogP contribution is 2.22. The van der Waals surface area contributed by atoms with Gasteiger partial charge >= 0.3 is 0 Å². The Balaban J connectivity index is 1.45. The number of fused-ring (bicyclic) bond motifs is 1. The van der Waals surface area contributed by atoms with E-state index in [2.05, 4.69) is 51.0 Å². The van der Waals surface area contributed by atoms with Crippen molar-refractivity contribution in [1.29, 1.82) is 0 Å². The van der Waals surface area contributed by atoms with Crippen molar-refractivity contribution in [2.45, 2.75) is 65.0 Å². The van der Waals surface area contributed by atoms with Crippen LogP contribution in [0.4, 0.5) is 5.82 Å². The Hall–Kier alpha value is -2.87. The van der Waals surface area contributed by atoms with Gasteiger partial charge in [0, 0.05) is 36.8 Å². The molecule has 1 atom stereocenters. The van der Waals surface area contributed by atoms with Crippen molar-refractivity contribution < 1.29 is 0 Å². The van der Waals surface area contributed by atoms with Crippen LogP contribution in [0.1, 0.15) is 51.6 Å². The number of likely N-dealkylation sites (tertiary alicyclic amines) is 1. The standard InChI is InChI=1S/C24H33N7O/c1-17-27-22-19(9-7-12-25-22)23(28-17)26-16-18-8-5-6-13-30(18)14-15-31-21(32)11-10-20(29-31)24(2,3)4/h7,9-12,18H,5-6,8,13-16H2,1-4H3,(H,25,26,27,28). The number of nitrogens with one attached hydrogen (secondary N) is 1. The number of aromatic nitrogens is 5. The molecule has 0 bridgehead atoms. The van der Waals surface area contributed by atoms with E-state index in [0.29, 0.717) is 24.1 Å². The van der Waals surface area contributed by atoms with Crippen LogP contribution >= 0.6 is 0 Å². The molecule has 32 heavy (non-hydrogen) atoms. The second-order valence-electron chi connectivity index (χ2n) is 9.59. The van der Waals surface area contributed by atoms with Crippen LogP contribution in [0.25, 0.3) is 11.0 Å². The zero-order valence-corrected chi connectivity index (χ0v) is 19.5. The van der Waals surface area contributed by atoms with E-state index < -0.39 is 0 Å². The highest BCUT2D eigenvalue weighted by Gasteiger charge is 2.23. The first-order valence-corrected chi connectivity index (χ1v) is 11.5. The molecule has 1 aliphatic heterocycles. The fraction of sp³-hybridized carbons (Fsp3) is 0.542. The van der Waals surface area contributed by atoms with Crippen molar-refractivity contribution in [2.75, 3.05) is 25.0 Å². The first-order chi connectivity index (χ1) is 15.3. The molecule has 0 spiro atoms. The summed E-state index contributed by atoms with van der Waals surface area (Å²) in [7, 11) is 0. The van der Waals surface area contributed by atoms with E-state index in [1.54, 1.807) is 16.9 Å². The molecule has 3 aromatic rings. The maximum absolute atomic E-state index is 12.4. The normalized spacial score (nSPS) is 17.6. The number of nitrogens with zero attached hydrogens (tertiary/aromatic N) is 6. The molecule has 8 nitrogen and oxygen atoms in total. The molecule has 0 saturated carbocycles.